The number of halogens is 3. The normalized spacial score (nSPS) is 22.1. The Bertz CT molecular complexity index is 448. The van der Waals surface area contributed by atoms with Crippen LogP contribution in [0.3, 0.4) is 0 Å². The van der Waals surface area contributed by atoms with E-state index in [9.17, 15) is 12.9 Å². The molecule has 3 rings (SSSR count). The fraction of sp³-hybridized carbons (Fsp3) is 0.571. The van der Waals surface area contributed by atoms with Crippen molar-refractivity contribution in [3.05, 3.63) is 29.8 Å². The van der Waals surface area contributed by atoms with E-state index in [1.165, 1.54) is 25.0 Å². The number of hydrogen-bond acceptors (Lipinski definition) is 2. The van der Waals surface area contributed by atoms with Gasteiger partial charge >= 0.3 is 6.98 Å². The molecule has 2 aliphatic rings. The Morgan fingerprint density at radius 2 is 1.55 bits per heavy atom. The minimum absolute atomic E-state index is 0.507. The number of rotatable bonds is 4. The minimum atomic E-state index is -4.87. The largest absolute Gasteiger partial charge is 0.509 e. The van der Waals surface area contributed by atoms with Gasteiger partial charge in [-0.1, -0.05) is 24.3 Å². The van der Waals surface area contributed by atoms with Gasteiger partial charge in [-0.15, -0.1) is 5.46 Å². The smallest absolute Gasteiger partial charge is 0.445 e. The zero-order valence-electron chi connectivity index (χ0n) is 11.4. The predicted octanol–water partition coefficient (Wildman–Crippen LogP) is 2.02. The van der Waals surface area contributed by atoms with E-state index in [-0.39, 0.29) is 0 Å². The number of nitrogens with zero attached hydrogens (tertiary/aromatic N) is 2. The lowest BCUT2D eigenvalue weighted by Gasteiger charge is -2.34. The van der Waals surface area contributed by atoms with Crippen molar-refractivity contribution < 1.29 is 12.9 Å². The SMILES string of the molecule is F[B-](F)(F)c1ccc(CN2CCN(C3CC3)CC2)cc1. The van der Waals surface area contributed by atoms with Crippen LogP contribution in [0, 0.1) is 0 Å². The monoisotopic (exact) mass is 283 g/mol. The molecular weight excluding hydrogens is 264 g/mol. The van der Waals surface area contributed by atoms with Crippen LogP contribution in [-0.2, 0) is 6.54 Å². The van der Waals surface area contributed by atoms with Crippen LogP contribution in [0.1, 0.15) is 18.4 Å². The van der Waals surface area contributed by atoms with E-state index < -0.39 is 12.4 Å². The molecule has 2 nitrogen and oxygen atoms in total. The van der Waals surface area contributed by atoms with Crippen LogP contribution in [0.2, 0.25) is 0 Å². The van der Waals surface area contributed by atoms with Crippen molar-refractivity contribution in [3.63, 3.8) is 0 Å². The summed E-state index contributed by atoms with van der Waals surface area (Å²) in [5.74, 6) is 0. The lowest BCUT2D eigenvalue weighted by molar-refractivity contribution is 0.121. The molecule has 0 amide bonds. The van der Waals surface area contributed by atoms with Gasteiger partial charge in [0.15, 0.2) is 0 Å². The highest BCUT2D eigenvalue weighted by molar-refractivity contribution is 6.73. The van der Waals surface area contributed by atoms with Crippen LogP contribution in [-0.4, -0.2) is 49.0 Å². The van der Waals surface area contributed by atoms with Gasteiger partial charge in [0.25, 0.3) is 0 Å². The van der Waals surface area contributed by atoms with Crippen LogP contribution in [0.15, 0.2) is 24.3 Å². The standard InChI is InChI=1S/C14H19BF3N2/c16-15(17,18)13-3-1-12(2-4-13)11-19-7-9-20(10-8-19)14-5-6-14/h1-4,14H,5-11H2/q-1. The van der Waals surface area contributed by atoms with Gasteiger partial charge in [-0.2, -0.15) is 0 Å². The number of piperazine rings is 1. The van der Waals surface area contributed by atoms with Crippen LogP contribution in [0.5, 0.6) is 0 Å². The Morgan fingerprint density at radius 1 is 0.950 bits per heavy atom. The van der Waals surface area contributed by atoms with Gasteiger partial charge in [-0.05, 0) is 18.4 Å². The molecule has 0 radical (unpaired) electrons. The summed E-state index contributed by atoms with van der Waals surface area (Å²) in [6.45, 7) is 0.0951. The van der Waals surface area contributed by atoms with Crippen LogP contribution in [0.4, 0.5) is 12.9 Å². The first kappa shape index (κ1) is 14.0. The molecule has 1 saturated carbocycles. The fourth-order valence-corrected chi connectivity index (χ4v) is 2.83. The molecule has 1 aromatic rings. The van der Waals surface area contributed by atoms with E-state index in [4.69, 9.17) is 0 Å². The van der Waals surface area contributed by atoms with Gasteiger partial charge < -0.3 is 12.9 Å². The second kappa shape index (κ2) is 5.41. The maximum absolute atomic E-state index is 12.5. The Labute approximate surface area is 117 Å². The predicted molar refractivity (Wildman–Crippen MR) is 75.0 cm³/mol. The summed E-state index contributed by atoms with van der Waals surface area (Å²) in [5, 5.41) is 0. The van der Waals surface area contributed by atoms with E-state index in [0.29, 0.717) is 0 Å². The molecule has 0 aromatic heterocycles. The third-order valence-corrected chi connectivity index (χ3v) is 4.23. The van der Waals surface area contributed by atoms with Crippen molar-refractivity contribution >= 4 is 12.4 Å². The second-order valence-corrected chi connectivity index (χ2v) is 5.86. The van der Waals surface area contributed by atoms with Crippen LogP contribution >= 0.6 is 0 Å². The highest BCUT2D eigenvalue weighted by atomic mass is 19.4. The third-order valence-electron chi connectivity index (χ3n) is 4.23. The molecule has 0 N–H and O–H groups in total. The Kier molecular flexibility index (Phi) is 3.77. The van der Waals surface area contributed by atoms with Crippen molar-refractivity contribution in [2.75, 3.05) is 26.2 Å². The summed E-state index contributed by atoms with van der Waals surface area (Å²) in [6, 6.07) is 6.44. The molecule has 1 aliphatic carbocycles. The molecule has 2 fully saturated rings. The van der Waals surface area contributed by atoms with E-state index in [1.54, 1.807) is 12.1 Å². The van der Waals surface area contributed by atoms with E-state index in [1.807, 2.05) is 0 Å². The highest BCUT2D eigenvalue weighted by Gasteiger charge is 2.31. The van der Waals surface area contributed by atoms with Crippen molar-refractivity contribution in [1.82, 2.24) is 9.80 Å². The molecule has 110 valence electrons. The van der Waals surface area contributed by atoms with Crippen LogP contribution < -0.4 is 5.46 Å². The zero-order chi connectivity index (χ0) is 14.2. The summed E-state index contributed by atoms with van der Waals surface area (Å²) in [4.78, 5) is 4.86. The van der Waals surface area contributed by atoms with E-state index in [0.717, 1.165) is 44.3 Å². The quantitative estimate of drug-likeness (QED) is 0.780. The van der Waals surface area contributed by atoms with Gasteiger partial charge in [0.1, 0.15) is 0 Å². The summed E-state index contributed by atoms with van der Waals surface area (Å²) in [7, 11) is 0. The molecule has 1 heterocycles. The summed E-state index contributed by atoms with van der Waals surface area (Å²) in [6.07, 6.45) is 2.67. The Hall–Kier alpha value is -1.01. The molecular formula is C14H19BF3N2-. The van der Waals surface area contributed by atoms with E-state index in [2.05, 4.69) is 9.80 Å². The first-order chi connectivity index (χ1) is 9.52. The maximum atomic E-state index is 12.5. The van der Waals surface area contributed by atoms with Crippen molar-refractivity contribution in [3.8, 4) is 0 Å². The lowest BCUT2D eigenvalue weighted by atomic mass is 9.80. The van der Waals surface area contributed by atoms with Crippen molar-refractivity contribution in [2.45, 2.75) is 25.4 Å². The topological polar surface area (TPSA) is 6.48 Å². The Morgan fingerprint density at radius 3 is 2.05 bits per heavy atom. The zero-order valence-corrected chi connectivity index (χ0v) is 11.4. The first-order valence-corrected chi connectivity index (χ1v) is 7.27. The Balaban J connectivity index is 1.53. The van der Waals surface area contributed by atoms with Gasteiger partial charge in [0.2, 0.25) is 0 Å². The molecule has 0 unspecified atom stereocenters. The average molecular weight is 283 g/mol. The van der Waals surface area contributed by atoms with Crippen molar-refractivity contribution in [1.29, 1.82) is 0 Å². The van der Waals surface area contributed by atoms with E-state index >= 15 is 0 Å². The average Bonchev–Trinajstić information content (AvgIpc) is 3.24. The van der Waals surface area contributed by atoms with Crippen LogP contribution in [0.25, 0.3) is 0 Å². The molecule has 1 aliphatic heterocycles. The molecule has 1 saturated heterocycles. The molecule has 0 spiro atoms. The lowest BCUT2D eigenvalue weighted by Crippen LogP contribution is -2.46. The molecule has 6 heteroatoms. The fourth-order valence-electron chi connectivity index (χ4n) is 2.83. The van der Waals surface area contributed by atoms with Gasteiger partial charge in [0, 0.05) is 38.8 Å². The van der Waals surface area contributed by atoms with Gasteiger partial charge in [0.05, 0.1) is 0 Å². The molecule has 1 aromatic carbocycles. The summed E-state index contributed by atoms with van der Waals surface area (Å²) < 4.78 is 37.6. The van der Waals surface area contributed by atoms with Gasteiger partial charge in [-0.3, -0.25) is 9.80 Å². The van der Waals surface area contributed by atoms with Crippen molar-refractivity contribution in [2.24, 2.45) is 0 Å². The summed E-state index contributed by atoms with van der Waals surface area (Å²) in [5.41, 5.74) is 0.459. The number of hydrogen-bond donors (Lipinski definition) is 0. The third kappa shape index (κ3) is 3.36. The highest BCUT2D eigenvalue weighted by Crippen LogP contribution is 2.27. The maximum Gasteiger partial charge on any atom is 0.509 e. The second-order valence-electron chi connectivity index (χ2n) is 5.86. The summed E-state index contributed by atoms with van der Waals surface area (Å²) >= 11 is 0. The van der Waals surface area contributed by atoms with Gasteiger partial charge in [-0.25, -0.2) is 0 Å². The molecule has 0 atom stereocenters. The molecule has 0 bridgehead atoms. The molecule has 20 heavy (non-hydrogen) atoms. The first-order valence-electron chi connectivity index (χ1n) is 7.27. The number of benzene rings is 1. The minimum Gasteiger partial charge on any atom is -0.445 e.